The zero-order valence-electron chi connectivity index (χ0n) is 11.8. The van der Waals surface area contributed by atoms with Crippen LogP contribution in [0.1, 0.15) is 23.2 Å². The highest BCUT2D eigenvalue weighted by molar-refractivity contribution is 9.10. The van der Waals surface area contributed by atoms with E-state index in [-0.39, 0.29) is 5.78 Å². The molecular weight excluding hydrogens is 348 g/mol. The number of para-hydroxylation sites is 1. The van der Waals surface area contributed by atoms with E-state index in [0.29, 0.717) is 6.42 Å². The molecule has 0 amide bonds. The summed E-state index contributed by atoms with van der Waals surface area (Å²) in [4.78, 5) is 13.2. The van der Waals surface area contributed by atoms with E-state index >= 15 is 0 Å². The molecule has 0 saturated carbocycles. The van der Waals surface area contributed by atoms with E-state index in [2.05, 4.69) is 15.9 Å². The number of thioether (sulfide) groups is 1. The van der Waals surface area contributed by atoms with Gasteiger partial charge in [0.2, 0.25) is 0 Å². The van der Waals surface area contributed by atoms with Gasteiger partial charge >= 0.3 is 0 Å². The number of halogens is 1. The maximum atomic E-state index is 12.0. The standard InChI is InChI=1S/C17H17BrO2S/c1-20-16-6-2-3-7-17(16)21-12-4-5-15(19)13-8-10-14(18)11-9-13/h2-3,6-11H,4-5,12H2,1H3. The minimum atomic E-state index is 0.197. The van der Waals surface area contributed by atoms with E-state index in [1.807, 2.05) is 48.5 Å². The van der Waals surface area contributed by atoms with Gasteiger partial charge in [-0.25, -0.2) is 0 Å². The van der Waals surface area contributed by atoms with E-state index in [0.717, 1.165) is 32.9 Å². The fraction of sp³-hybridized carbons (Fsp3) is 0.235. The number of hydrogen-bond acceptors (Lipinski definition) is 3. The van der Waals surface area contributed by atoms with Gasteiger partial charge in [-0.15, -0.1) is 11.8 Å². The third-order valence-electron chi connectivity index (χ3n) is 3.04. The van der Waals surface area contributed by atoms with E-state index in [4.69, 9.17) is 4.74 Å². The normalized spacial score (nSPS) is 10.4. The van der Waals surface area contributed by atoms with Crippen LogP contribution in [-0.2, 0) is 0 Å². The summed E-state index contributed by atoms with van der Waals surface area (Å²) in [5.74, 6) is 1.99. The summed E-state index contributed by atoms with van der Waals surface area (Å²) >= 11 is 5.10. The smallest absolute Gasteiger partial charge is 0.162 e. The van der Waals surface area contributed by atoms with Crippen LogP contribution in [-0.4, -0.2) is 18.6 Å². The van der Waals surface area contributed by atoms with E-state index in [1.165, 1.54) is 0 Å². The molecule has 0 fully saturated rings. The zero-order valence-corrected chi connectivity index (χ0v) is 14.2. The quantitative estimate of drug-likeness (QED) is 0.383. The van der Waals surface area contributed by atoms with Crippen LogP contribution < -0.4 is 4.74 Å². The molecule has 2 rings (SSSR count). The highest BCUT2D eigenvalue weighted by Crippen LogP contribution is 2.29. The van der Waals surface area contributed by atoms with Crippen LogP contribution in [0, 0.1) is 0 Å². The fourth-order valence-corrected chi connectivity index (χ4v) is 3.17. The molecule has 4 heteroatoms. The van der Waals surface area contributed by atoms with Gasteiger partial charge in [-0.1, -0.05) is 40.2 Å². The van der Waals surface area contributed by atoms with Gasteiger partial charge in [0, 0.05) is 21.4 Å². The summed E-state index contributed by atoms with van der Waals surface area (Å²) in [6.45, 7) is 0. The lowest BCUT2D eigenvalue weighted by atomic mass is 10.1. The predicted octanol–water partition coefficient (Wildman–Crippen LogP) is 5.21. The first-order valence-electron chi connectivity index (χ1n) is 6.75. The van der Waals surface area contributed by atoms with Crippen molar-refractivity contribution in [3.63, 3.8) is 0 Å². The van der Waals surface area contributed by atoms with Crippen LogP contribution in [0.4, 0.5) is 0 Å². The Morgan fingerprint density at radius 1 is 1.14 bits per heavy atom. The Kier molecular flexibility index (Phi) is 6.33. The predicted molar refractivity (Wildman–Crippen MR) is 91.4 cm³/mol. The molecular formula is C17H17BrO2S. The van der Waals surface area contributed by atoms with Crippen molar-refractivity contribution >= 4 is 33.5 Å². The molecule has 0 aliphatic heterocycles. The van der Waals surface area contributed by atoms with Crippen molar-refractivity contribution in [1.29, 1.82) is 0 Å². The Labute approximate surface area is 138 Å². The first-order chi connectivity index (χ1) is 10.2. The van der Waals surface area contributed by atoms with Gasteiger partial charge in [0.05, 0.1) is 7.11 Å². The number of carbonyl (C=O) groups is 1. The van der Waals surface area contributed by atoms with Gasteiger partial charge in [0.25, 0.3) is 0 Å². The van der Waals surface area contributed by atoms with E-state index < -0.39 is 0 Å². The molecule has 110 valence electrons. The maximum Gasteiger partial charge on any atom is 0.162 e. The number of carbonyl (C=O) groups excluding carboxylic acids is 1. The minimum Gasteiger partial charge on any atom is -0.496 e. The monoisotopic (exact) mass is 364 g/mol. The summed E-state index contributed by atoms with van der Waals surface area (Å²) in [6, 6.07) is 15.5. The number of methoxy groups -OCH3 is 1. The lowest BCUT2D eigenvalue weighted by Gasteiger charge is -2.07. The lowest BCUT2D eigenvalue weighted by Crippen LogP contribution is -1.99. The SMILES string of the molecule is COc1ccccc1SCCCC(=O)c1ccc(Br)cc1. The molecule has 2 nitrogen and oxygen atoms in total. The highest BCUT2D eigenvalue weighted by atomic mass is 79.9. The van der Waals surface area contributed by atoms with E-state index in [9.17, 15) is 4.79 Å². The maximum absolute atomic E-state index is 12.0. The molecule has 0 heterocycles. The van der Waals surface area contributed by atoms with Crippen LogP contribution in [0.5, 0.6) is 5.75 Å². The van der Waals surface area contributed by atoms with Crippen LogP contribution in [0.15, 0.2) is 57.9 Å². The number of ether oxygens (including phenoxy) is 1. The number of benzene rings is 2. The number of hydrogen-bond donors (Lipinski definition) is 0. The molecule has 0 aromatic heterocycles. The minimum absolute atomic E-state index is 0.197. The Morgan fingerprint density at radius 2 is 1.86 bits per heavy atom. The fourth-order valence-electron chi connectivity index (χ4n) is 1.93. The Hall–Kier alpha value is -1.26. The molecule has 0 saturated heterocycles. The topological polar surface area (TPSA) is 26.3 Å². The van der Waals surface area contributed by atoms with Crippen molar-refractivity contribution in [3.8, 4) is 5.75 Å². The first kappa shape index (κ1) is 16.1. The number of rotatable bonds is 7. The molecule has 0 spiro atoms. The van der Waals surface area contributed by atoms with Gasteiger partial charge in [-0.3, -0.25) is 4.79 Å². The summed E-state index contributed by atoms with van der Waals surface area (Å²) in [5, 5.41) is 0. The van der Waals surface area contributed by atoms with Crippen molar-refractivity contribution < 1.29 is 9.53 Å². The third kappa shape index (κ3) is 4.90. The average molecular weight is 365 g/mol. The largest absolute Gasteiger partial charge is 0.496 e. The molecule has 0 aliphatic carbocycles. The van der Waals surface area contributed by atoms with Gasteiger partial charge in [-0.05, 0) is 36.4 Å². The van der Waals surface area contributed by atoms with Gasteiger partial charge in [0.15, 0.2) is 5.78 Å². The zero-order chi connectivity index (χ0) is 15.1. The Morgan fingerprint density at radius 3 is 2.57 bits per heavy atom. The molecule has 2 aromatic rings. The van der Waals surface area contributed by atoms with E-state index in [1.54, 1.807) is 18.9 Å². The first-order valence-corrected chi connectivity index (χ1v) is 8.53. The molecule has 21 heavy (non-hydrogen) atoms. The second-order valence-corrected chi connectivity index (χ2v) is 6.59. The number of ketones is 1. The van der Waals surface area contributed by atoms with Crippen molar-refractivity contribution in [1.82, 2.24) is 0 Å². The lowest BCUT2D eigenvalue weighted by molar-refractivity contribution is 0.0982. The summed E-state index contributed by atoms with van der Waals surface area (Å²) in [6.07, 6.45) is 1.43. The summed E-state index contributed by atoms with van der Waals surface area (Å²) < 4.78 is 6.30. The van der Waals surface area contributed by atoms with Crippen LogP contribution in [0.3, 0.4) is 0 Å². The summed E-state index contributed by atoms with van der Waals surface area (Å²) in [7, 11) is 1.68. The Bertz CT molecular complexity index is 596. The molecule has 0 bridgehead atoms. The van der Waals surface area contributed by atoms with Crippen LogP contribution in [0.2, 0.25) is 0 Å². The van der Waals surface area contributed by atoms with Crippen LogP contribution >= 0.6 is 27.7 Å². The van der Waals surface area contributed by atoms with Crippen molar-refractivity contribution in [2.45, 2.75) is 17.7 Å². The van der Waals surface area contributed by atoms with Crippen molar-refractivity contribution in [3.05, 3.63) is 58.6 Å². The van der Waals surface area contributed by atoms with Gasteiger partial charge in [0.1, 0.15) is 5.75 Å². The second-order valence-electron chi connectivity index (χ2n) is 4.53. The molecule has 0 radical (unpaired) electrons. The molecule has 0 unspecified atom stereocenters. The molecule has 0 atom stereocenters. The van der Waals surface area contributed by atoms with Crippen molar-refractivity contribution in [2.75, 3.05) is 12.9 Å². The number of Topliss-reactive ketones (excluding diaryl/α,β-unsaturated/α-hetero) is 1. The molecule has 0 aliphatic rings. The Balaban J connectivity index is 1.79. The van der Waals surface area contributed by atoms with Gasteiger partial charge in [-0.2, -0.15) is 0 Å². The average Bonchev–Trinajstić information content (AvgIpc) is 2.52. The summed E-state index contributed by atoms with van der Waals surface area (Å²) in [5.41, 5.74) is 0.778. The molecule has 0 N–H and O–H groups in total. The second kappa shape index (κ2) is 8.25. The third-order valence-corrected chi connectivity index (χ3v) is 4.71. The van der Waals surface area contributed by atoms with Crippen molar-refractivity contribution in [2.24, 2.45) is 0 Å². The van der Waals surface area contributed by atoms with Gasteiger partial charge < -0.3 is 4.74 Å². The highest BCUT2D eigenvalue weighted by Gasteiger charge is 2.06. The van der Waals surface area contributed by atoms with Crippen LogP contribution in [0.25, 0.3) is 0 Å². The molecule has 2 aromatic carbocycles.